The van der Waals surface area contributed by atoms with Gasteiger partial charge in [0.1, 0.15) is 23.0 Å². The first-order chi connectivity index (χ1) is 15.2. The number of carbonyl (C=O) groups excluding carboxylic acids is 1. The molecule has 1 heterocycles. The third kappa shape index (κ3) is 5.79. The zero-order valence-corrected chi connectivity index (χ0v) is 17.3. The molecular formula is C21H17ClF4N4O2. The Hall–Kier alpha value is -3.53. The molecule has 3 rings (SSSR count). The van der Waals surface area contributed by atoms with Crippen molar-refractivity contribution in [1.82, 2.24) is 10.3 Å². The minimum atomic E-state index is -4.58. The molecule has 0 atom stereocenters. The van der Waals surface area contributed by atoms with Gasteiger partial charge in [0.15, 0.2) is 0 Å². The number of aromatic nitrogens is 1. The van der Waals surface area contributed by atoms with Crippen molar-refractivity contribution in [3.63, 3.8) is 0 Å². The van der Waals surface area contributed by atoms with Crippen LogP contribution in [0.1, 0.15) is 16.1 Å². The van der Waals surface area contributed by atoms with Crippen LogP contribution in [0.2, 0.25) is 5.02 Å². The number of hydrogen-bond donors (Lipinski definition) is 3. The quantitative estimate of drug-likeness (QED) is 0.314. The second-order valence-corrected chi connectivity index (χ2v) is 6.83. The van der Waals surface area contributed by atoms with Gasteiger partial charge in [-0.05, 0) is 36.4 Å². The number of halogens is 5. The van der Waals surface area contributed by atoms with E-state index < -0.39 is 28.5 Å². The highest BCUT2D eigenvalue weighted by Crippen LogP contribution is 2.36. The number of nitrogens with zero attached hydrogens (tertiary/aromatic N) is 1. The minimum absolute atomic E-state index is 0.0457. The van der Waals surface area contributed by atoms with Crippen LogP contribution >= 0.6 is 11.6 Å². The van der Waals surface area contributed by atoms with Gasteiger partial charge in [-0.3, -0.25) is 9.78 Å². The van der Waals surface area contributed by atoms with Crippen molar-refractivity contribution in [2.75, 3.05) is 24.3 Å². The second-order valence-electron chi connectivity index (χ2n) is 6.42. The van der Waals surface area contributed by atoms with Crippen LogP contribution in [0.15, 0.2) is 54.7 Å². The molecule has 1 aromatic heterocycles. The number of rotatable bonds is 7. The predicted octanol–water partition coefficient (Wildman–Crippen LogP) is 5.53. The summed E-state index contributed by atoms with van der Waals surface area (Å²) in [6, 6.07) is 10.4. The first-order valence-corrected chi connectivity index (χ1v) is 9.55. The third-order valence-electron chi connectivity index (χ3n) is 4.21. The highest BCUT2D eigenvalue weighted by Gasteiger charge is 2.33. The van der Waals surface area contributed by atoms with Gasteiger partial charge in [-0.2, -0.15) is 13.2 Å². The number of hydrogen-bond acceptors (Lipinski definition) is 5. The lowest BCUT2D eigenvalue weighted by Crippen LogP contribution is -2.18. The minimum Gasteiger partial charge on any atom is -0.457 e. The molecule has 6 nitrogen and oxygen atoms in total. The average Bonchev–Trinajstić information content (AvgIpc) is 2.75. The van der Waals surface area contributed by atoms with E-state index in [1.54, 1.807) is 0 Å². The number of amides is 1. The molecule has 0 aliphatic carbocycles. The van der Waals surface area contributed by atoms with E-state index in [0.29, 0.717) is 5.75 Å². The van der Waals surface area contributed by atoms with E-state index in [9.17, 15) is 22.4 Å². The summed E-state index contributed by atoms with van der Waals surface area (Å²) < 4.78 is 58.7. The Kier molecular flexibility index (Phi) is 7.04. The molecule has 3 N–H and O–H groups in total. The topological polar surface area (TPSA) is 75.3 Å². The standard InChI is InChI=1S/C21H17ClF4N4O2/c1-27-20(31)19-10-14(6-7-28-19)32-13-3-5-18(17(23)9-13)30-11-29-12-2-4-16(22)15(8-12)21(24,25)26/h2-10,29-30H,11H2,1H3,(H,27,31). The van der Waals surface area contributed by atoms with Crippen LogP contribution < -0.4 is 20.7 Å². The Morgan fingerprint density at radius 3 is 2.50 bits per heavy atom. The van der Waals surface area contributed by atoms with Gasteiger partial charge in [0.25, 0.3) is 5.91 Å². The maximum Gasteiger partial charge on any atom is 0.417 e. The third-order valence-corrected chi connectivity index (χ3v) is 4.54. The Bertz CT molecular complexity index is 1130. The molecule has 2 aromatic carbocycles. The number of alkyl halides is 3. The zero-order valence-electron chi connectivity index (χ0n) is 16.6. The summed E-state index contributed by atoms with van der Waals surface area (Å²) in [5.74, 6) is -0.556. The molecule has 0 saturated heterocycles. The Morgan fingerprint density at radius 2 is 1.81 bits per heavy atom. The number of nitrogens with one attached hydrogen (secondary N) is 3. The Morgan fingerprint density at radius 1 is 1.06 bits per heavy atom. The summed E-state index contributed by atoms with van der Waals surface area (Å²) in [5.41, 5.74) is -0.548. The van der Waals surface area contributed by atoms with Gasteiger partial charge >= 0.3 is 6.18 Å². The largest absolute Gasteiger partial charge is 0.457 e. The second kappa shape index (κ2) is 9.73. The van der Waals surface area contributed by atoms with Crippen LogP contribution in [-0.4, -0.2) is 24.6 Å². The van der Waals surface area contributed by atoms with E-state index in [1.165, 1.54) is 43.6 Å². The normalized spacial score (nSPS) is 11.1. The molecule has 0 radical (unpaired) electrons. The molecule has 3 aromatic rings. The Labute approximate surface area is 185 Å². The Balaban J connectivity index is 1.62. The molecule has 32 heavy (non-hydrogen) atoms. The summed E-state index contributed by atoms with van der Waals surface area (Å²) in [5, 5.41) is 7.49. The first-order valence-electron chi connectivity index (χ1n) is 9.17. The zero-order chi connectivity index (χ0) is 23.3. The monoisotopic (exact) mass is 468 g/mol. The number of pyridine rings is 1. The van der Waals surface area contributed by atoms with Gasteiger partial charge in [-0.15, -0.1) is 0 Å². The molecule has 1 amide bonds. The summed E-state index contributed by atoms with van der Waals surface area (Å²) in [4.78, 5) is 15.6. The number of carbonyl (C=O) groups is 1. The van der Waals surface area contributed by atoms with Crippen molar-refractivity contribution in [2.24, 2.45) is 0 Å². The molecule has 0 bridgehead atoms. The summed E-state index contributed by atoms with van der Waals surface area (Å²) in [6.45, 7) is -0.0457. The molecule has 11 heteroatoms. The van der Waals surface area contributed by atoms with Crippen molar-refractivity contribution >= 4 is 28.9 Å². The van der Waals surface area contributed by atoms with Crippen LogP contribution in [0.4, 0.5) is 28.9 Å². The fraction of sp³-hybridized carbons (Fsp3) is 0.143. The van der Waals surface area contributed by atoms with Crippen molar-refractivity contribution in [3.05, 3.63) is 76.8 Å². The average molecular weight is 469 g/mol. The molecular weight excluding hydrogens is 452 g/mol. The van der Waals surface area contributed by atoms with E-state index in [4.69, 9.17) is 16.3 Å². The molecule has 0 unspecified atom stereocenters. The van der Waals surface area contributed by atoms with Gasteiger partial charge in [0.2, 0.25) is 0 Å². The van der Waals surface area contributed by atoms with E-state index in [0.717, 1.165) is 18.2 Å². The van der Waals surface area contributed by atoms with Crippen molar-refractivity contribution in [3.8, 4) is 11.5 Å². The van der Waals surface area contributed by atoms with Crippen molar-refractivity contribution in [1.29, 1.82) is 0 Å². The number of benzene rings is 2. The molecule has 0 fully saturated rings. The van der Waals surface area contributed by atoms with Crippen LogP contribution in [0.25, 0.3) is 0 Å². The fourth-order valence-corrected chi connectivity index (χ4v) is 2.88. The van der Waals surface area contributed by atoms with E-state index in [1.807, 2.05) is 0 Å². The highest BCUT2D eigenvalue weighted by atomic mass is 35.5. The van der Waals surface area contributed by atoms with Crippen molar-refractivity contribution < 1.29 is 27.1 Å². The summed E-state index contributed by atoms with van der Waals surface area (Å²) >= 11 is 5.59. The predicted molar refractivity (Wildman–Crippen MR) is 113 cm³/mol. The maximum atomic E-state index is 14.4. The smallest absolute Gasteiger partial charge is 0.417 e. The molecule has 168 valence electrons. The number of ether oxygens (including phenoxy) is 1. The van der Waals surface area contributed by atoms with Crippen LogP contribution in [-0.2, 0) is 6.18 Å². The SMILES string of the molecule is CNC(=O)c1cc(Oc2ccc(NCNc3ccc(Cl)c(C(F)(F)F)c3)c(F)c2)ccn1. The van der Waals surface area contributed by atoms with Gasteiger partial charge in [0.05, 0.1) is 22.9 Å². The van der Waals surface area contributed by atoms with Gasteiger partial charge < -0.3 is 20.7 Å². The highest BCUT2D eigenvalue weighted by molar-refractivity contribution is 6.31. The van der Waals surface area contributed by atoms with E-state index in [-0.39, 0.29) is 29.5 Å². The van der Waals surface area contributed by atoms with E-state index >= 15 is 0 Å². The molecule has 0 aliphatic rings. The van der Waals surface area contributed by atoms with E-state index in [2.05, 4.69) is 20.9 Å². The molecule has 0 aliphatic heterocycles. The van der Waals surface area contributed by atoms with Gasteiger partial charge in [0, 0.05) is 31.1 Å². The van der Waals surface area contributed by atoms with Crippen LogP contribution in [0, 0.1) is 5.82 Å². The van der Waals surface area contributed by atoms with Crippen molar-refractivity contribution in [2.45, 2.75) is 6.18 Å². The van der Waals surface area contributed by atoms with Crippen LogP contribution in [0.3, 0.4) is 0 Å². The van der Waals surface area contributed by atoms with Gasteiger partial charge in [-0.1, -0.05) is 11.6 Å². The number of anilines is 2. The lowest BCUT2D eigenvalue weighted by molar-refractivity contribution is -0.137. The summed E-state index contributed by atoms with van der Waals surface area (Å²) in [6.07, 6.45) is -3.20. The van der Waals surface area contributed by atoms with Gasteiger partial charge in [-0.25, -0.2) is 4.39 Å². The van der Waals surface area contributed by atoms with Crippen LogP contribution in [0.5, 0.6) is 11.5 Å². The first kappa shape index (κ1) is 23.1. The fourth-order valence-electron chi connectivity index (χ4n) is 2.66. The lowest BCUT2D eigenvalue weighted by atomic mass is 10.2. The maximum absolute atomic E-state index is 14.4. The molecule has 0 saturated carbocycles. The molecule has 0 spiro atoms. The summed E-state index contributed by atoms with van der Waals surface area (Å²) in [7, 11) is 1.47. The lowest BCUT2D eigenvalue weighted by Gasteiger charge is -2.14.